The minimum Gasteiger partial charge on any atom is -0.335 e. The van der Waals surface area contributed by atoms with Gasteiger partial charge in [-0.1, -0.05) is 25.0 Å². The van der Waals surface area contributed by atoms with Crippen molar-refractivity contribution in [2.24, 2.45) is 0 Å². The van der Waals surface area contributed by atoms with Crippen LogP contribution in [0, 0.1) is 0 Å². The van der Waals surface area contributed by atoms with Crippen molar-refractivity contribution in [2.75, 3.05) is 13.6 Å². The van der Waals surface area contributed by atoms with Gasteiger partial charge in [-0.3, -0.25) is 10.1 Å². The summed E-state index contributed by atoms with van der Waals surface area (Å²) in [5, 5.41) is 6.32. The lowest BCUT2D eigenvalue weighted by molar-refractivity contribution is -0.902. The van der Waals surface area contributed by atoms with E-state index >= 15 is 0 Å². The number of likely N-dealkylation sites (N-methyl/N-ethyl adjacent to an activating group) is 1. The van der Waals surface area contributed by atoms with E-state index in [-0.39, 0.29) is 30.6 Å². The third-order valence-electron chi connectivity index (χ3n) is 4.80. The molecule has 6 nitrogen and oxygen atoms in total. The average Bonchev–Trinajstić information content (AvgIpc) is 3.22. The number of benzene rings is 1. The van der Waals surface area contributed by atoms with Crippen LogP contribution in [-0.2, 0) is 4.79 Å². The molecular weight excluding hydrogens is 336 g/mol. The Labute approximate surface area is 151 Å². The van der Waals surface area contributed by atoms with Crippen molar-refractivity contribution in [2.45, 2.75) is 44.7 Å². The van der Waals surface area contributed by atoms with Crippen molar-refractivity contribution in [1.82, 2.24) is 15.6 Å². The van der Waals surface area contributed by atoms with Crippen LogP contribution in [0.5, 0.6) is 0 Å². The number of carbonyl (C=O) groups is 2. The molecule has 0 radical (unpaired) electrons. The Bertz CT molecular complexity index is 721. The number of imide groups is 1. The normalized spacial score (nSPS) is 17.4. The summed E-state index contributed by atoms with van der Waals surface area (Å²) in [4.78, 5) is 29.7. The summed E-state index contributed by atoms with van der Waals surface area (Å²) in [5.74, 6) is -0.263. The predicted molar refractivity (Wildman–Crippen MR) is 98.7 cm³/mol. The molecule has 2 atom stereocenters. The lowest BCUT2D eigenvalue weighted by Crippen LogP contribution is -3.10. The fraction of sp³-hybridized carbons (Fsp3) is 0.500. The zero-order valence-corrected chi connectivity index (χ0v) is 15.5. The zero-order valence-electron chi connectivity index (χ0n) is 14.7. The highest BCUT2D eigenvalue weighted by Crippen LogP contribution is 2.24. The van der Waals surface area contributed by atoms with Gasteiger partial charge in [-0.25, -0.2) is 9.78 Å². The van der Waals surface area contributed by atoms with Gasteiger partial charge in [-0.05, 0) is 31.9 Å². The van der Waals surface area contributed by atoms with E-state index in [9.17, 15) is 9.59 Å². The molecule has 0 saturated heterocycles. The predicted octanol–water partition coefficient (Wildman–Crippen LogP) is 1.64. The van der Waals surface area contributed by atoms with Crippen LogP contribution >= 0.6 is 11.3 Å². The van der Waals surface area contributed by atoms with Crippen molar-refractivity contribution < 1.29 is 14.5 Å². The lowest BCUT2D eigenvalue weighted by Gasteiger charge is -2.19. The first kappa shape index (κ1) is 17.8. The topological polar surface area (TPSA) is 75.5 Å². The molecule has 1 aromatic heterocycles. The van der Waals surface area contributed by atoms with Crippen LogP contribution in [0.2, 0.25) is 0 Å². The summed E-state index contributed by atoms with van der Waals surface area (Å²) in [6.45, 7) is 2.29. The third kappa shape index (κ3) is 4.55. The smallest absolute Gasteiger partial charge is 0.321 e. The molecule has 7 heteroatoms. The molecule has 1 fully saturated rings. The number of hydrogen-bond donors (Lipinski definition) is 3. The number of fused-ring (bicyclic) bond motifs is 1. The Morgan fingerprint density at radius 3 is 2.76 bits per heavy atom. The minimum absolute atomic E-state index is 0.0843. The van der Waals surface area contributed by atoms with Gasteiger partial charge in [0.1, 0.15) is 6.04 Å². The van der Waals surface area contributed by atoms with Gasteiger partial charge in [0.15, 0.2) is 11.6 Å². The van der Waals surface area contributed by atoms with E-state index in [2.05, 4.69) is 28.6 Å². The number of carbonyl (C=O) groups excluding carboxylic acids is 2. The second-order valence-corrected chi connectivity index (χ2v) is 7.83. The Balaban J connectivity index is 1.52. The maximum Gasteiger partial charge on any atom is 0.321 e. The summed E-state index contributed by atoms with van der Waals surface area (Å²) >= 11 is 1.65. The van der Waals surface area contributed by atoms with Crippen molar-refractivity contribution in [3.63, 3.8) is 0 Å². The van der Waals surface area contributed by atoms with Gasteiger partial charge in [-0.15, -0.1) is 11.3 Å². The standard InChI is InChI=1S/C18H24N4O2S/c1-12(17-20-14-9-5-6-10-15(14)25-17)22(2)11-16(23)21-18(24)19-13-7-3-4-8-13/h5-6,9-10,12-13H,3-4,7-8,11H2,1-2H3,(H2,19,21,23,24)/p+1/t12-/m0/s1. The van der Waals surface area contributed by atoms with Crippen molar-refractivity contribution >= 4 is 33.5 Å². The van der Waals surface area contributed by atoms with Crippen LogP contribution in [0.3, 0.4) is 0 Å². The molecule has 1 aliphatic rings. The van der Waals surface area contributed by atoms with Gasteiger partial charge in [0, 0.05) is 6.04 Å². The van der Waals surface area contributed by atoms with E-state index in [0.29, 0.717) is 0 Å². The molecule has 0 aliphatic heterocycles. The van der Waals surface area contributed by atoms with E-state index in [1.165, 1.54) is 0 Å². The molecule has 3 N–H and O–H groups in total. The first-order chi connectivity index (χ1) is 12.0. The van der Waals surface area contributed by atoms with Crippen LogP contribution in [-0.4, -0.2) is 36.6 Å². The molecule has 0 spiro atoms. The minimum atomic E-state index is -0.377. The van der Waals surface area contributed by atoms with Gasteiger partial charge in [-0.2, -0.15) is 0 Å². The first-order valence-electron chi connectivity index (χ1n) is 8.81. The molecule has 3 rings (SSSR count). The average molecular weight is 361 g/mol. The Morgan fingerprint density at radius 2 is 2.04 bits per heavy atom. The summed E-state index contributed by atoms with van der Waals surface area (Å²) in [6, 6.07) is 7.94. The number of amides is 3. The molecule has 1 aliphatic carbocycles. The summed E-state index contributed by atoms with van der Waals surface area (Å²) in [5.41, 5.74) is 0.988. The van der Waals surface area contributed by atoms with Crippen LogP contribution in [0.15, 0.2) is 24.3 Å². The quantitative estimate of drug-likeness (QED) is 0.758. The van der Waals surface area contributed by atoms with Crippen LogP contribution in [0.1, 0.15) is 43.7 Å². The van der Waals surface area contributed by atoms with Crippen LogP contribution in [0.25, 0.3) is 10.2 Å². The molecule has 0 bridgehead atoms. The van der Waals surface area contributed by atoms with Crippen molar-refractivity contribution in [1.29, 1.82) is 0 Å². The van der Waals surface area contributed by atoms with Gasteiger partial charge < -0.3 is 10.2 Å². The Morgan fingerprint density at radius 1 is 1.32 bits per heavy atom. The van der Waals surface area contributed by atoms with E-state index in [1.807, 2.05) is 25.2 Å². The van der Waals surface area contributed by atoms with Crippen LogP contribution < -0.4 is 15.5 Å². The molecule has 1 aromatic carbocycles. The second kappa shape index (κ2) is 7.93. The number of para-hydroxylation sites is 1. The van der Waals surface area contributed by atoms with E-state index in [1.54, 1.807) is 11.3 Å². The van der Waals surface area contributed by atoms with E-state index in [0.717, 1.165) is 45.8 Å². The SMILES string of the molecule is C[C@@H](c1nc2ccccc2s1)[NH+](C)CC(=O)NC(=O)NC1CCCC1. The van der Waals surface area contributed by atoms with Crippen molar-refractivity contribution in [3.8, 4) is 0 Å². The molecular formula is C18H25N4O2S+. The number of thiazole rings is 1. The largest absolute Gasteiger partial charge is 0.335 e. The fourth-order valence-corrected chi connectivity index (χ4v) is 4.27. The lowest BCUT2D eigenvalue weighted by atomic mass is 10.2. The van der Waals surface area contributed by atoms with Gasteiger partial charge in [0.2, 0.25) is 0 Å². The zero-order chi connectivity index (χ0) is 17.8. The summed E-state index contributed by atoms with van der Waals surface area (Å²) in [6.07, 6.45) is 4.29. The molecule has 3 amide bonds. The molecule has 2 aromatic rings. The van der Waals surface area contributed by atoms with Gasteiger partial charge in [0.25, 0.3) is 5.91 Å². The molecule has 134 valence electrons. The number of rotatable bonds is 5. The van der Waals surface area contributed by atoms with E-state index in [4.69, 9.17) is 0 Å². The highest BCUT2D eigenvalue weighted by atomic mass is 32.1. The highest BCUT2D eigenvalue weighted by molar-refractivity contribution is 7.18. The highest BCUT2D eigenvalue weighted by Gasteiger charge is 2.24. The van der Waals surface area contributed by atoms with Gasteiger partial charge >= 0.3 is 6.03 Å². The molecule has 1 saturated carbocycles. The molecule has 1 unspecified atom stereocenters. The maximum absolute atomic E-state index is 12.1. The first-order valence-corrected chi connectivity index (χ1v) is 9.62. The monoisotopic (exact) mass is 361 g/mol. The number of nitrogens with zero attached hydrogens (tertiary/aromatic N) is 1. The number of hydrogen-bond acceptors (Lipinski definition) is 4. The van der Waals surface area contributed by atoms with Gasteiger partial charge in [0.05, 0.1) is 17.3 Å². The maximum atomic E-state index is 12.1. The number of urea groups is 1. The molecule has 25 heavy (non-hydrogen) atoms. The number of aromatic nitrogens is 1. The third-order valence-corrected chi connectivity index (χ3v) is 6.02. The molecule has 1 heterocycles. The number of quaternary nitrogens is 1. The fourth-order valence-electron chi connectivity index (χ4n) is 3.15. The van der Waals surface area contributed by atoms with E-state index < -0.39 is 0 Å². The number of nitrogens with one attached hydrogen (secondary N) is 3. The Hall–Kier alpha value is -1.99. The summed E-state index contributed by atoms with van der Waals surface area (Å²) < 4.78 is 1.15. The Kier molecular flexibility index (Phi) is 5.65. The second-order valence-electron chi connectivity index (χ2n) is 6.77. The van der Waals surface area contributed by atoms with Crippen molar-refractivity contribution in [3.05, 3.63) is 29.3 Å². The summed E-state index contributed by atoms with van der Waals surface area (Å²) in [7, 11) is 1.95. The van der Waals surface area contributed by atoms with Crippen LogP contribution in [0.4, 0.5) is 4.79 Å².